The minimum absolute atomic E-state index is 0.0117. The number of halogens is 2. The third-order valence-corrected chi connectivity index (χ3v) is 5.94. The zero-order valence-electron chi connectivity index (χ0n) is 17.4. The van der Waals surface area contributed by atoms with Crippen molar-refractivity contribution >= 4 is 29.1 Å². The Morgan fingerprint density at radius 3 is 2.84 bits per heavy atom. The number of rotatable bonds is 6. The van der Waals surface area contributed by atoms with Crippen LogP contribution < -0.4 is 5.32 Å². The Bertz CT molecular complexity index is 1100. The van der Waals surface area contributed by atoms with Crippen LogP contribution in [0.4, 0.5) is 4.39 Å². The average molecular weight is 443 g/mol. The number of hydrogen-bond acceptors (Lipinski definition) is 3. The van der Waals surface area contributed by atoms with Gasteiger partial charge in [0.2, 0.25) is 11.8 Å². The van der Waals surface area contributed by atoms with Crippen LogP contribution in [0.15, 0.2) is 48.8 Å². The minimum Gasteiger partial charge on any atom is -0.355 e. The molecule has 2 atom stereocenters. The van der Waals surface area contributed by atoms with E-state index in [0.29, 0.717) is 18.5 Å². The van der Waals surface area contributed by atoms with Gasteiger partial charge in [0.25, 0.3) is 0 Å². The molecule has 0 spiro atoms. The zero-order chi connectivity index (χ0) is 22.1. The van der Waals surface area contributed by atoms with Gasteiger partial charge in [-0.1, -0.05) is 23.7 Å². The Hall–Kier alpha value is -2.93. The third kappa shape index (κ3) is 4.28. The van der Waals surface area contributed by atoms with Crippen molar-refractivity contribution in [3.63, 3.8) is 0 Å². The molecule has 1 fully saturated rings. The second-order valence-electron chi connectivity index (χ2n) is 8.06. The fourth-order valence-electron chi connectivity index (χ4n) is 4.24. The Morgan fingerprint density at radius 1 is 1.32 bits per heavy atom. The van der Waals surface area contributed by atoms with Crippen LogP contribution in [0.3, 0.4) is 0 Å². The van der Waals surface area contributed by atoms with E-state index in [9.17, 15) is 14.0 Å². The number of aromatic nitrogens is 2. The summed E-state index contributed by atoms with van der Waals surface area (Å²) in [5.41, 5.74) is 2.29. The van der Waals surface area contributed by atoms with Crippen LogP contribution >= 0.6 is 11.6 Å². The predicted molar refractivity (Wildman–Crippen MR) is 116 cm³/mol. The number of carbonyl (C=O) groups excluding carboxylic acids is 2. The Kier molecular flexibility index (Phi) is 5.96. The summed E-state index contributed by atoms with van der Waals surface area (Å²) in [6.07, 6.45) is 4.51. The van der Waals surface area contributed by atoms with E-state index in [2.05, 4.69) is 10.3 Å². The van der Waals surface area contributed by atoms with Crippen LogP contribution in [0.5, 0.6) is 0 Å². The summed E-state index contributed by atoms with van der Waals surface area (Å²) >= 11 is 5.83. The monoisotopic (exact) mass is 442 g/mol. The highest BCUT2D eigenvalue weighted by atomic mass is 35.5. The van der Waals surface area contributed by atoms with Crippen molar-refractivity contribution in [2.24, 2.45) is 5.92 Å². The Labute approximate surface area is 185 Å². The van der Waals surface area contributed by atoms with Crippen molar-refractivity contribution in [3.05, 3.63) is 70.9 Å². The highest BCUT2D eigenvalue weighted by Gasteiger charge is 2.45. The molecule has 0 saturated carbocycles. The lowest BCUT2D eigenvalue weighted by Crippen LogP contribution is -2.39. The molecule has 1 aliphatic heterocycles. The molecule has 2 amide bonds. The number of pyridine rings is 1. The molecule has 6 nitrogen and oxygen atoms in total. The van der Waals surface area contributed by atoms with Gasteiger partial charge in [0, 0.05) is 37.8 Å². The van der Waals surface area contributed by atoms with Gasteiger partial charge in [-0.25, -0.2) is 9.37 Å². The van der Waals surface area contributed by atoms with Crippen molar-refractivity contribution in [1.29, 1.82) is 0 Å². The molecule has 1 aliphatic rings. The van der Waals surface area contributed by atoms with E-state index < -0.39 is 17.8 Å². The molecule has 0 unspecified atom stereocenters. The first kappa shape index (κ1) is 21.3. The summed E-state index contributed by atoms with van der Waals surface area (Å²) in [4.78, 5) is 31.9. The molecule has 31 heavy (non-hydrogen) atoms. The van der Waals surface area contributed by atoms with Gasteiger partial charge >= 0.3 is 0 Å². The lowest BCUT2D eigenvalue weighted by molar-refractivity contribution is -0.130. The summed E-state index contributed by atoms with van der Waals surface area (Å²) in [7, 11) is 0. The van der Waals surface area contributed by atoms with Gasteiger partial charge in [-0.3, -0.25) is 9.59 Å². The largest absolute Gasteiger partial charge is 0.355 e. The van der Waals surface area contributed by atoms with Gasteiger partial charge in [0.1, 0.15) is 11.5 Å². The number of imidazole rings is 1. The fourth-order valence-corrected chi connectivity index (χ4v) is 4.36. The van der Waals surface area contributed by atoms with Gasteiger partial charge in [0.05, 0.1) is 22.7 Å². The number of nitrogens with zero attached hydrogens (tertiary/aromatic N) is 3. The minimum atomic E-state index is -0.600. The van der Waals surface area contributed by atoms with Crippen molar-refractivity contribution in [2.75, 3.05) is 6.54 Å². The molecule has 1 aromatic carbocycles. The fraction of sp³-hybridized carbons (Fsp3) is 0.348. The van der Waals surface area contributed by atoms with E-state index >= 15 is 0 Å². The SMILES string of the molecule is CC(C)N1C(=O)C[C@@H](C(=O)NCCc2cn3ccccc3n2)[C@H]1c1ccc(Cl)c(F)c1. The number of amides is 2. The van der Waals surface area contributed by atoms with Crippen LogP contribution in [0.1, 0.15) is 37.6 Å². The maximum atomic E-state index is 14.1. The average Bonchev–Trinajstić information content (AvgIpc) is 3.30. The highest BCUT2D eigenvalue weighted by molar-refractivity contribution is 6.30. The first-order valence-electron chi connectivity index (χ1n) is 10.3. The highest BCUT2D eigenvalue weighted by Crippen LogP contribution is 2.40. The molecule has 8 heteroatoms. The van der Waals surface area contributed by atoms with E-state index in [1.54, 1.807) is 11.0 Å². The van der Waals surface area contributed by atoms with Crippen molar-refractivity contribution in [3.8, 4) is 0 Å². The molecule has 0 radical (unpaired) electrons. The first-order chi connectivity index (χ1) is 14.8. The molecule has 162 valence electrons. The molecule has 1 saturated heterocycles. The summed E-state index contributed by atoms with van der Waals surface area (Å²) in [5.74, 6) is -1.50. The van der Waals surface area contributed by atoms with E-state index in [4.69, 9.17) is 11.6 Å². The third-order valence-electron chi connectivity index (χ3n) is 5.64. The number of nitrogens with one attached hydrogen (secondary N) is 1. The van der Waals surface area contributed by atoms with E-state index in [1.807, 2.05) is 48.8 Å². The number of benzene rings is 1. The van der Waals surface area contributed by atoms with Crippen molar-refractivity contribution in [1.82, 2.24) is 19.6 Å². The lowest BCUT2D eigenvalue weighted by Gasteiger charge is -2.31. The van der Waals surface area contributed by atoms with E-state index in [-0.39, 0.29) is 29.3 Å². The van der Waals surface area contributed by atoms with Crippen LogP contribution in [-0.4, -0.2) is 38.7 Å². The molecule has 1 N–H and O–H groups in total. The van der Waals surface area contributed by atoms with Gasteiger partial charge < -0.3 is 14.6 Å². The van der Waals surface area contributed by atoms with Crippen LogP contribution in [-0.2, 0) is 16.0 Å². The topological polar surface area (TPSA) is 66.7 Å². The number of hydrogen-bond donors (Lipinski definition) is 1. The second-order valence-corrected chi connectivity index (χ2v) is 8.47. The van der Waals surface area contributed by atoms with Crippen molar-refractivity contribution in [2.45, 2.75) is 38.8 Å². The standard InChI is InChI=1S/C23H24ClFN4O2/c1-14(2)29-21(30)12-17(22(29)15-6-7-18(24)19(25)11-15)23(31)26-9-8-16-13-28-10-4-3-5-20(28)27-16/h3-7,10-11,13-14,17,22H,8-9,12H2,1-2H3,(H,26,31)/t17-,22-/m1/s1. The van der Waals surface area contributed by atoms with Gasteiger partial charge in [0.15, 0.2) is 0 Å². The van der Waals surface area contributed by atoms with Crippen LogP contribution in [0.25, 0.3) is 5.65 Å². The van der Waals surface area contributed by atoms with Gasteiger partial charge in [-0.2, -0.15) is 0 Å². The van der Waals surface area contributed by atoms with Crippen LogP contribution in [0, 0.1) is 11.7 Å². The predicted octanol–water partition coefficient (Wildman–Crippen LogP) is 3.78. The molecule has 4 rings (SSSR count). The maximum Gasteiger partial charge on any atom is 0.226 e. The summed E-state index contributed by atoms with van der Waals surface area (Å²) in [6, 6.07) is 9.58. The van der Waals surface area contributed by atoms with Gasteiger partial charge in [-0.15, -0.1) is 0 Å². The van der Waals surface area contributed by atoms with E-state index in [1.165, 1.54) is 12.1 Å². The van der Waals surface area contributed by atoms with E-state index in [0.717, 1.165) is 11.3 Å². The quantitative estimate of drug-likeness (QED) is 0.631. The summed E-state index contributed by atoms with van der Waals surface area (Å²) < 4.78 is 16.0. The molecule has 0 aliphatic carbocycles. The molecule has 3 heterocycles. The summed E-state index contributed by atoms with van der Waals surface area (Å²) in [5, 5.41) is 2.95. The lowest BCUT2D eigenvalue weighted by atomic mass is 9.92. The number of likely N-dealkylation sites (tertiary alicyclic amines) is 1. The smallest absolute Gasteiger partial charge is 0.226 e. The molecule has 3 aromatic rings. The van der Waals surface area contributed by atoms with Gasteiger partial charge in [-0.05, 0) is 43.7 Å². The van der Waals surface area contributed by atoms with Crippen LogP contribution in [0.2, 0.25) is 5.02 Å². The van der Waals surface area contributed by atoms with Crippen molar-refractivity contribution < 1.29 is 14.0 Å². The summed E-state index contributed by atoms with van der Waals surface area (Å²) in [6.45, 7) is 4.18. The Morgan fingerprint density at radius 2 is 2.13 bits per heavy atom. The number of carbonyl (C=O) groups is 2. The maximum absolute atomic E-state index is 14.1. The Balaban J connectivity index is 1.49. The normalized spacial score (nSPS) is 18.9. The molecular formula is C23H24ClFN4O2. The second kappa shape index (κ2) is 8.67. The zero-order valence-corrected chi connectivity index (χ0v) is 18.1. The molecule has 0 bridgehead atoms. The first-order valence-corrected chi connectivity index (χ1v) is 10.7. The number of fused-ring (bicyclic) bond motifs is 1. The molecular weight excluding hydrogens is 419 g/mol. The molecule has 2 aromatic heterocycles.